The van der Waals surface area contributed by atoms with Gasteiger partial charge in [-0.15, -0.1) is 0 Å². The van der Waals surface area contributed by atoms with E-state index in [4.69, 9.17) is 19.7 Å². The summed E-state index contributed by atoms with van der Waals surface area (Å²) in [7, 11) is 0. The van der Waals surface area contributed by atoms with Crippen molar-refractivity contribution in [3.05, 3.63) is 46.0 Å². The lowest BCUT2D eigenvalue weighted by Gasteiger charge is -2.32. The predicted molar refractivity (Wildman–Crippen MR) is 124 cm³/mol. The number of fused-ring (bicyclic) bond motifs is 1. The van der Waals surface area contributed by atoms with E-state index in [1.165, 1.54) is 18.2 Å². The zero-order chi connectivity index (χ0) is 27.6. The molecule has 38 heavy (non-hydrogen) atoms. The standard InChI is InChI=1S/C22H19F3N4O8S/c23-22(24,25)11-3-1-2-4-12(11)37-10-5-7-29(8-6-10)21-28-17-16(38-21)18(31)27-13(26-17)9-36-15(20(34)35)14(30)19(32)33/h1-4,10,15H,5-9H2,(H,32,33)(H,34,35)(H,26,27,31). The number of carboxylic acids is 2. The zero-order valence-corrected chi connectivity index (χ0v) is 20.0. The van der Waals surface area contributed by atoms with Gasteiger partial charge in [0.2, 0.25) is 6.10 Å². The molecule has 1 fully saturated rings. The highest BCUT2D eigenvalue weighted by molar-refractivity contribution is 7.22. The number of thiazole rings is 1. The van der Waals surface area contributed by atoms with Crippen LogP contribution >= 0.6 is 11.3 Å². The number of aromatic amines is 1. The van der Waals surface area contributed by atoms with Crippen LogP contribution in [0.5, 0.6) is 5.75 Å². The number of piperidine rings is 1. The number of H-pyrrole nitrogens is 1. The fraction of sp³-hybridized carbons (Fsp3) is 0.364. The number of Topliss-reactive ketones (excluding diaryl/α,β-unsaturated/α-hetero) is 1. The number of benzene rings is 1. The third-order valence-electron chi connectivity index (χ3n) is 5.56. The largest absolute Gasteiger partial charge is 0.490 e. The number of nitrogens with zero attached hydrogens (tertiary/aromatic N) is 3. The summed E-state index contributed by atoms with van der Waals surface area (Å²) >= 11 is 1.04. The number of carboxylic acid groups (broad SMARTS) is 2. The fourth-order valence-corrected chi connectivity index (χ4v) is 4.71. The summed E-state index contributed by atoms with van der Waals surface area (Å²) in [6, 6.07) is 4.99. The van der Waals surface area contributed by atoms with Gasteiger partial charge in [0.05, 0.1) is 5.56 Å². The highest BCUT2D eigenvalue weighted by Gasteiger charge is 2.35. The number of ether oxygens (including phenoxy) is 2. The lowest BCUT2D eigenvalue weighted by atomic mass is 10.1. The van der Waals surface area contributed by atoms with E-state index in [0.717, 1.165) is 17.4 Å². The van der Waals surface area contributed by atoms with Crippen molar-refractivity contribution in [1.29, 1.82) is 0 Å². The quantitative estimate of drug-likeness (QED) is 0.260. The number of nitrogens with one attached hydrogen (secondary N) is 1. The second kappa shape index (κ2) is 10.7. The number of halogens is 3. The molecule has 1 atom stereocenters. The Labute approximate surface area is 214 Å². The van der Waals surface area contributed by atoms with E-state index in [2.05, 4.69) is 15.0 Å². The SMILES string of the molecule is O=C(O)C(=O)C(OCc1nc2nc(N3CCC(Oc4ccccc4C(F)(F)F)CC3)sc2c(=O)[nH]1)C(=O)O. The van der Waals surface area contributed by atoms with Crippen LogP contribution in [-0.4, -0.2) is 68.2 Å². The first-order chi connectivity index (χ1) is 17.9. The van der Waals surface area contributed by atoms with Crippen molar-refractivity contribution in [3.8, 4) is 5.75 Å². The molecule has 1 aliphatic heterocycles. The molecule has 3 N–H and O–H groups in total. The Morgan fingerprint density at radius 1 is 1.16 bits per heavy atom. The number of ketones is 1. The molecule has 3 heterocycles. The molecule has 1 saturated heterocycles. The third kappa shape index (κ3) is 5.91. The average molecular weight is 556 g/mol. The lowest BCUT2D eigenvalue weighted by molar-refractivity contribution is -0.165. The second-order valence-electron chi connectivity index (χ2n) is 8.16. The van der Waals surface area contributed by atoms with Crippen LogP contribution in [0.3, 0.4) is 0 Å². The summed E-state index contributed by atoms with van der Waals surface area (Å²) in [5.74, 6) is -5.90. The van der Waals surface area contributed by atoms with E-state index in [1.807, 2.05) is 4.90 Å². The molecule has 12 nitrogen and oxygen atoms in total. The van der Waals surface area contributed by atoms with Crippen LogP contribution in [0.2, 0.25) is 0 Å². The van der Waals surface area contributed by atoms with Gasteiger partial charge in [0.15, 0.2) is 10.8 Å². The van der Waals surface area contributed by atoms with Gasteiger partial charge in [-0.25, -0.2) is 14.6 Å². The maximum Gasteiger partial charge on any atom is 0.419 e. The van der Waals surface area contributed by atoms with Crippen molar-refractivity contribution < 1.29 is 47.2 Å². The van der Waals surface area contributed by atoms with Gasteiger partial charge in [0.25, 0.3) is 11.3 Å². The van der Waals surface area contributed by atoms with Crippen LogP contribution in [0.15, 0.2) is 29.1 Å². The minimum Gasteiger partial charge on any atom is -0.490 e. The van der Waals surface area contributed by atoms with Gasteiger partial charge < -0.3 is 29.6 Å². The first kappa shape index (κ1) is 27.0. The molecule has 0 bridgehead atoms. The van der Waals surface area contributed by atoms with Gasteiger partial charge in [-0.2, -0.15) is 18.2 Å². The number of alkyl halides is 3. The Hall–Kier alpha value is -4.05. The molecule has 0 amide bonds. The molecule has 1 unspecified atom stereocenters. The van der Waals surface area contributed by atoms with Crippen molar-refractivity contribution in [2.45, 2.75) is 37.8 Å². The molecule has 4 rings (SSSR count). The number of para-hydroxylation sites is 1. The van der Waals surface area contributed by atoms with E-state index in [9.17, 15) is 32.3 Å². The summed E-state index contributed by atoms with van der Waals surface area (Å²) < 4.78 is 50.4. The highest BCUT2D eigenvalue weighted by Crippen LogP contribution is 2.37. The van der Waals surface area contributed by atoms with Crippen LogP contribution in [0.25, 0.3) is 10.3 Å². The van der Waals surface area contributed by atoms with Gasteiger partial charge >= 0.3 is 18.1 Å². The Kier molecular flexibility index (Phi) is 7.63. The normalized spacial score (nSPS) is 15.4. The monoisotopic (exact) mass is 556 g/mol. The Bertz CT molecular complexity index is 1430. The van der Waals surface area contributed by atoms with E-state index in [0.29, 0.717) is 31.1 Å². The van der Waals surface area contributed by atoms with Gasteiger partial charge in [-0.1, -0.05) is 23.5 Å². The minimum atomic E-state index is -4.54. The van der Waals surface area contributed by atoms with Crippen molar-refractivity contribution in [2.24, 2.45) is 0 Å². The summed E-state index contributed by atoms with van der Waals surface area (Å²) in [6.07, 6.45) is -6.47. The van der Waals surface area contributed by atoms with Crippen molar-refractivity contribution in [1.82, 2.24) is 15.0 Å². The van der Waals surface area contributed by atoms with Gasteiger partial charge in [-0.05, 0) is 12.1 Å². The number of aromatic nitrogens is 3. The summed E-state index contributed by atoms with van der Waals surface area (Å²) in [5.41, 5.74) is -1.42. The molecule has 0 spiro atoms. The number of hydrogen-bond donors (Lipinski definition) is 3. The third-order valence-corrected chi connectivity index (χ3v) is 6.67. The van der Waals surface area contributed by atoms with Crippen LogP contribution in [0, 0.1) is 0 Å². The molecule has 0 aliphatic carbocycles. The number of aliphatic carboxylic acids is 2. The fourth-order valence-electron chi connectivity index (χ4n) is 3.75. The van der Waals surface area contributed by atoms with E-state index in [-0.39, 0.29) is 21.9 Å². The molecule has 1 aliphatic rings. The van der Waals surface area contributed by atoms with E-state index < -0.39 is 53.8 Å². The Balaban J connectivity index is 1.43. The Morgan fingerprint density at radius 3 is 2.47 bits per heavy atom. The number of anilines is 1. The maximum atomic E-state index is 13.2. The molecule has 16 heteroatoms. The number of carbonyl (C=O) groups is 3. The molecule has 3 aromatic rings. The molecular weight excluding hydrogens is 537 g/mol. The molecule has 0 saturated carbocycles. The molecular formula is C22H19F3N4O8S. The van der Waals surface area contributed by atoms with Crippen LogP contribution in [0.1, 0.15) is 24.2 Å². The number of hydrogen-bond acceptors (Lipinski definition) is 10. The van der Waals surface area contributed by atoms with Gasteiger partial charge in [0, 0.05) is 25.9 Å². The average Bonchev–Trinajstić information content (AvgIpc) is 3.29. The van der Waals surface area contributed by atoms with E-state index in [1.54, 1.807) is 0 Å². The number of carbonyl (C=O) groups excluding carboxylic acids is 1. The second-order valence-corrected chi connectivity index (χ2v) is 9.14. The minimum absolute atomic E-state index is 0.0289. The molecule has 2 aromatic heterocycles. The lowest BCUT2D eigenvalue weighted by Crippen LogP contribution is -2.38. The molecule has 1 aromatic carbocycles. The van der Waals surface area contributed by atoms with Crippen molar-refractivity contribution in [2.75, 3.05) is 18.0 Å². The van der Waals surface area contributed by atoms with Gasteiger partial charge in [-0.3, -0.25) is 9.59 Å². The van der Waals surface area contributed by atoms with Crippen LogP contribution in [-0.2, 0) is 31.9 Å². The topological polar surface area (TPSA) is 172 Å². The molecule has 202 valence electrons. The van der Waals surface area contributed by atoms with Crippen LogP contribution < -0.4 is 15.2 Å². The van der Waals surface area contributed by atoms with Crippen molar-refractivity contribution in [3.63, 3.8) is 0 Å². The summed E-state index contributed by atoms with van der Waals surface area (Å²) in [5, 5.41) is 18.2. The summed E-state index contributed by atoms with van der Waals surface area (Å²) in [4.78, 5) is 58.5. The first-order valence-corrected chi connectivity index (χ1v) is 11.8. The number of rotatable bonds is 9. The van der Waals surface area contributed by atoms with Gasteiger partial charge in [0.1, 0.15) is 29.0 Å². The van der Waals surface area contributed by atoms with Crippen molar-refractivity contribution >= 4 is 44.5 Å². The van der Waals surface area contributed by atoms with Crippen LogP contribution in [0.4, 0.5) is 18.3 Å². The summed E-state index contributed by atoms with van der Waals surface area (Å²) in [6.45, 7) is 0.116. The zero-order valence-electron chi connectivity index (χ0n) is 19.2. The predicted octanol–water partition coefficient (Wildman–Crippen LogP) is 2.07. The van der Waals surface area contributed by atoms with E-state index >= 15 is 0 Å². The molecule has 0 radical (unpaired) electrons. The Morgan fingerprint density at radius 2 is 1.84 bits per heavy atom. The smallest absolute Gasteiger partial charge is 0.419 e. The first-order valence-electron chi connectivity index (χ1n) is 11.0. The highest BCUT2D eigenvalue weighted by atomic mass is 32.1. The maximum absolute atomic E-state index is 13.2.